The highest BCUT2D eigenvalue weighted by atomic mass is 28.4. The van der Waals surface area contributed by atoms with E-state index in [1.807, 2.05) is 0 Å². The summed E-state index contributed by atoms with van der Waals surface area (Å²) in [5, 5.41) is 2.50. The van der Waals surface area contributed by atoms with Crippen molar-refractivity contribution in [3.8, 4) is 0 Å². The average molecular weight is 605 g/mol. The van der Waals surface area contributed by atoms with Gasteiger partial charge in [0.05, 0.1) is 99.1 Å². The van der Waals surface area contributed by atoms with Gasteiger partial charge in [0, 0.05) is 0 Å². The molecule has 9 heteroatoms. The summed E-state index contributed by atoms with van der Waals surface area (Å²) >= 11 is 0. The normalized spacial score (nSPS) is 12.1. The lowest BCUT2D eigenvalue weighted by atomic mass is 10.2. The van der Waals surface area contributed by atoms with Crippen LogP contribution in [-0.4, -0.2) is 107 Å². The third-order valence-corrected chi connectivity index (χ3v) is 11.5. The van der Waals surface area contributed by atoms with Crippen molar-refractivity contribution in [3.05, 3.63) is 73.3 Å². The first-order valence-electron chi connectivity index (χ1n) is 14.9. The second kappa shape index (κ2) is 22.6. The molecule has 42 heavy (non-hydrogen) atoms. The van der Waals surface area contributed by atoms with E-state index in [-0.39, 0.29) is 5.04 Å². The topological polar surface area (TPSA) is 73.8 Å². The highest BCUT2D eigenvalue weighted by molar-refractivity contribution is 6.99. The molecular formula is C33H52O8Si. The SMILES string of the molecule is C=CCOCCOCCOCCOCCOCCOCCOCCO[Si](c1ccccc1)(c1ccccc1)C(C)(C)C. The van der Waals surface area contributed by atoms with E-state index in [2.05, 4.69) is 88.0 Å². The Morgan fingerprint density at radius 2 is 0.810 bits per heavy atom. The lowest BCUT2D eigenvalue weighted by molar-refractivity contribution is -0.0206. The predicted octanol–water partition coefficient (Wildman–Crippen LogP) is 3.87. The van der Waals surface area contributed by atoms with E-state index in [0.29, 0.717) is 99.1 Å². The van der Waals surface area contributed by atoms with Gasteiger partial charge >= 0.3 is 0 Å². The van der Waals surface area contributed by atoms with Crippen LogP contribution < -0.4 is 10.4 Å². The molecule has 236 valence electrons. The minimum atomic E-state index is -2.52. The van der Waals surface area contributed by atoms with Crippen LogP contribution in [-0.2, 0) is 37.6 Å². The van der Waals surface area contributed by atoms with Gasteiger partial charge in [0.25, 0.3) is 8.32 Å². The minimum Gasteiger partial charge on any atom is -0.405 e. The fourth-order valence-electron chi connectivity index (χ4n) is 4.50. The molecule has 0 aliphatic carbocycles. The van der Waals surface area contributed by atoms with Crippen molar-refractivity contribution in [2.24, 2.45) is 0 Å². The number of rotatable bonds is 26. The van der Waals surface area contributed by atoms with Crippen molar-refractivity contribution in [3.63, 3.8) is 0 Å². The summed E-state index contributed by atoms with van der Waals surface area (Å²) < 4.78 is 45.4. The number of hydrogen-bond donors (Lipinski definition) is 0. The molecule has 0 aliphatic heterocycles. The van der Waals surface area contributed by atoms with Gasteiger partial charge in [0.15, 0.2) is 0 Å². The molecule has 0 radical (unpaired) electrons. The fraction of sp³-hybridized carbons (Fsp3) is 0.576. The maximum atomic E-state index is 6.83. The Hall–Kier alpha value is -1.92. The standard InChI is InChI=1S/C33H52O8Si/c1-5-16-34-17-18-35-19-20-36-21-22-37-23-24-38-25-26-39-27-28-40-29-30-41-42(33(2,3)4,31-12-8-6-9-13-31)32-14-10-7-11-15-32/h5-15H,1,16-30H2,2-4H3. The molecule has 0 N–H and O–H groups in total. The van der Waals surface area contributed by atoms with Gasteiger partial charge in [0.1, 0.15) is 0 Å². The van der Waals surface area contributed by atoms with E-state index >= 15 is 0 Å². The molecule has 2 aromatic carbocycles. The first kappa shape index (κ1) is 36.3. The molecule has 0 aliphatic rings. The maximum absolute atomic E-state index is 6.83. The van der Waals surface area contributed by atoms with Crippen LogP contribution in [0.4, 0.5) is 0 Å². The van der Waals surface area contributed by atoms with Crippen molar-refractivity contribution < 1.29 is 37.6 Å². The number of benzene rings is 2. The van der Waals surface area contributed by atoms with Crippen LogP contribution in [0.15, 0.2) is 73.3 Å². The lowest BCUT2D eigenvalue weighted by Crippen LogP contribution is -2.66. The Kier molecular flexibility index (Phi) is 19.5. The summed E-state index contributed by atoms with van der Waals surface area (Å²) in [7, 11) is -2.52. The molecule has 0 fully saturated rings. The third-order valence-electron chi connectivity index (χ3n) is 6.43. The Morgan fingerprint density at radius 3 is 1.12 bits per heavy atom. The Labute approximate surface area is 254 Å². The largest absolute Gasteiger partial charge is 0.405 e. The van der Waals surface area contributed by atoms with Crippen LogP contribution in [0.3, 0.4) is 0 Å². The Bertz CT molecular complexity index is 868. The monoisotopic (exact) mass is 604 g/mol. The van der Waals surface area contributed by atoms with Crippen molar-refractivity contribution in [2.75, 3.05) is 99.1 Å². The van der Waals surface area contributed by atoms with Crippen LogP contribution in [0.25, 0.3) is 0 Å². The summed E-state index contributed by atoms with van der Waals surface area (Å²) in [5.41, 5.74) is 0. The summed E-state index contributed by atoms with van der Waals surface area (Å²) in [6.45, 7) is 18.4. The first-order valence-corrected chi connectivity index (χ1v) is 16.8. The average Bonchev–Trinajstić information content (AvgIpc) is 3.00. The van der Waals surface area contributed by atoms with Crippen molar-refractivity contribution in [1.29, 1.82) is 0 Å². The van der Waals surface area contributed by atoms with Crippen LogP contribution in [0.1, 0.15) is 20.8 Å². The second-order valence-corrected chi connectivity index (χ2v) is 14.9. The molecule has 0 spiro atoms. The van der Waals surface area contributed by atoms with Crippen molar-refractivity contribution in [2.45, 2.75) is 25.8 Å². The maximum Gasteiger partial charge on any atom is 0.261 e. The van der Waals surface area contributed by atoms with Crippen molar-refractivity contribution >= 4 is 18.7 Å². The second-order valence-electron chi connectivity index (χ2n) is 10.5. The number of ether oxygens (including phenoxy) is 7. The zero-order valence-corrected chi connectivity index (χ0v) is 26.9. The fourth-order valence-corrected chi connectivity index (χ4v) is 9.05. The summed E-state index contributed by atoms with van der Waals surface area (Å²) in [6.07, 6.45) is 1.72. The van der Waals surface area contributed by atoms with Crippen LogP contribution in [0, 0.1) is 0 Å². The first-order chi connectivity index (χ1) is 20.5. The van der Waals surface area contributed by atoms with Gasteiger partial charge in [-0.2, -0.15) is 0 Å². The minimum absolute atomic E-state index is 0.0472. The molecule has 0 heterocycles. The molecule has 0 bridgehead atoms. The van der Waals surface area contributed by atoms with Gasteiger partial charge in [-0.05, 0) is 15.4 Å². The van der Waals surface area contributed by atoms with E-state index in [1.54, 1.807) is 6.08 Å². The van der Waals surface area contributed by atoms with E-state index in [9.17, 15) is 0 Å². The van der Waals surface area contributed by atoms with Gasteiger partial charge in [0.2, 0.25) is 0 Å². The summed E-state index contributed by atoms with van der Waals surface area (Å²) in [5.74, 6) is 0. The third kappa shape index (κ3) is 14.0. The van der Waals surface area contributed by atoms with Gasteiger partial charge in [-0.15, -0.1) is 6.58 Å². The van der Waals surface area contributed by atoms with Gasteiger partial charge < -0.3 is 37.6 Å². The highest BCUT2D eigenvalue weighted by Gasteiger charge is 2.49. The lowest BCUT2D eigenvalue weighted by Gasteiger charge is -2.43. The molecule has 0 saturated heterocycles. The predicted molar refractivity (Wildman–Crippen MR) is 170 cm³/mol. The number of hydrogen-bond acceptors (Lipinski definition) is 8. The highest BCUT2D eigenvalue weighted by Crippen LogP contribution is 2.36. The van der Waals surface area contributed by atoms with Gasteiger partial charge in [-0.1, -0.05) is 87.5 Å². The van der Waals surface area contributed by atoms with Crippen LogP contribution in [0.2, 0.25) is 5.04 Å². The van der Waals surface area contributed by atoms with Crippen LogP contribution >= 0.6 is 0 Å². The molecule has 2 aromatic rings. The van der Waals surface area contributed by atoms with E-state index in [4.69, 9.17) is 37.6 Å². The molecule has 0 atom stereocenters. The molecule has 2 rings (SSSR count). The van der Waals surface area contributed by atoms with Gasteiger partial charge in [-0.25, -0.2) is 0 Å². The zero-order chi connectivity index (χ0) is 30.2. The molecular weight excluding hydrogens is 552 g/mol. The smallest absolute Gasteiger partial charge is 0.261 e. The molecule has 0 unspecified atom stereocenters. The molecule has 0 aromatic heterocycles. The quantitative estimate of drug-likeness (QED) is 0.0911. The zero-order valence-electron chi connectivity index (χ0n) is 25.9. The molecule has 8 nitrogen and oxygen atoms in total. The molecule has 0 saturated carbocycles. The van der Waals surface area contributed by atoms with Crippen molar-refractivity contribution in [1.82, 2.24) is 0 Å². The molecule has 0 amide bonds. The Balaban J connectivity index is 1.48. The van der Waals surface area contributed by atoms with E-state index < -0.39 is 8.32 Å². The summed E-state index contributed by atoms with van der Waals surface area (Å²) in [6, 6.07) is 21.3. The van der Waals surface area contributed by atoms with E-state index in [0.717, 1.165) is 0 Å². The van der Waals surface area contributed by atoms with Gasteiger partial charge in [-0.3, -0.25) is 0 Å². The summed E-state index contributed by atoms with van der Waals surface area (Å²) in [4.78, 5) is 0. The Morgan fingerprint density at radius 1 is 0.500 bits per heavy atom. The van der Waals surface area contributed by atoms with Crippen LogP contribution in [0.5, 0.6) is 0 Å². The van der Waals surface area contributed by atoms with E-state index in [1.165, 1.54) is 10.4 Å².